The number of rotatable bonds is 10. The molecule has 0 saturated heterocycles. The highest BCUT2D eigenvalue weighted by molar-refractivity contribution is 7.92. The van der Waals surface area contributed by atoms with Crippen LogP contribution in [-0.2, 0) is 19.6 Å². The Bertz CT molecular complexity index is 1070. The predicted octanol–water partition coefficient (Wildman–Crippen LogP) is 3.33. The Morgan fingerprint density at radius 2 is 1.62 bits per heavy atom. The van der Waals surface area contributed by atoms with Crippen molar-refractivity contribution in [2.75, 3.05) is 43.8 Å². The number of anilines is 2. The van der Waals surface area contributed by atoms with Gasteiger partial charge in [0.2, 0.25) is 15.9 Å². The minimum Gasteiger partial charge on any atom is -0.493 e. The Morgan fingerprint density at radius 3 is 2.16 bits per heavy atom. The number of sulfonamides is 1. The number of halogens is 1. The number of methoxy groups -OCH3 is 3. The number of nitrogens with one attached hydrogen (secondary N) is 1. The van der Waals surface area contributed by atoms with Gasteiger partial charge in [0, 0.05) is 30.1 Å². The summed E-state index contributed by atoms with van der Waals surface area (Å²) in [6.07, 6.45) is 1.34. The van der Waals surface area contributed by atoms with Crippen LogP contribution in [-0.4, -0.2) is 54.4 Å². The largest absolute Gasteiger partial charge is 0.493 e. The van der Waals surface area contributed by atoms with Gasteiger partial charge in [0.25, 0.3) is 0 Å². The highest BCUT2D eigenvalue weighted by Gasteiger charge is 2.20. The van der Waals surface area contributed by atoms with Crippen molar-refractivity contribution in [1.29, 1.82) is 0 Å². The van der Waals surface area contributed by atoms with E-state index in [1.807, 2.05) is 0 Å². The van der Waals surface area contributed by atoms with Gasteiger partial charge in [-0.15, -0.1) is 0 Å². The lowest BCUT2D eigenvalue weighted by molar-refractivity contribution is -0.116. The fourth-order valence-electron chi connectivity index (χ4n) is 2.95. The van der Waals surface area contributed by atoms with Crippen LogP contribution in [0.15, 0.2) is 36.4 Å². The smallest absolute Gasteiger partial charge is 0.340 e. The average Bonchev–Trinajstić information content (AvgIpc) is 2.75. The van der Waals surface area contributed by atoms with Crippen molar-refractivity contribution in [2.24, 2.45) is 0 Å². The second-order valence-corrected chi connectivity index (χ2v) is 9.05. The molecule has 0 fully saturated rings. The number of hydrogen-bond acceptors (Lipinski definition) is 7. The lowest BCUT2D eigenvalue weighted by Gasteiger charge is -2.22. The number of carbonyl (C=O) groups excluding carboxylic acids is 2. The molecule has 0 unspecified atom stereocenters. The molecule has 0 spiro atoms. The summed E-state index contributed by atoms with van der Waals surface area (Å²) in [6.45, 7) is 0.0870. The van der Waals surface area contributed by atoms with Gasteiger partial charge in [0.1, 0.15) is 0 Å². The van der Waals surface area contributed by atoms with E-state index in [0.29, 0.717) is 22.2 Å². The van der Waals surface area contributed by atoms with Gasteiger partial charge in [-0.3, -0.25) is 9.10 Å². The summed E-state index contributed by atoms with van der Waals surface area (Å²) in [4.78, 5) is 24.6. The fourth-order valence-corrected chi connectivity index (χ4v) is 4.04. The van der Waals surface area contributed by atoms with E-state index >= 15 is 0 Å². The van der Waals surface area contributed by atoms with Crippen LogP contribution in [0, 0.1) is 0 Å². The van der Waals surface area contributed by atoms with Crippen molar-refractivity contribution < 1.29 is 32.2 Å². The first-order chi connectivity index (χ1) is 15.1. The number of nitrogens with zero attached hydrogens (tertiary/aromatic N) is 1. The van der Waals surface area contributed by atoms with E-state index in [4.69, 9.17) is 25.8 Å². The maximum Gasteiger partial charge on any atom is 0.340 e. The molecular formula is C21H25ClN2O7S. The SMILES string of the molecule is COC(=O)c1cc(OC)c(OC)cc1NC(=O)CCCN(c1ccc(Cl)cc1)S(C)(=O)=O. The number of carbonyl (C=O) groups is 2. The Morgan fingerprint density at radius 1 is 1.03 bits per heavy atom. The van der Waals surface area contributed by atoms with Crippen LogP contribution in [0.3, 0.4) is 0 Å². The van der Waals surface area contributed by atoms with Crippen LogP contribution >= 0.6 is 11.6 Å². The standard InChI is InChI=1S/C21H25ClN2O7S/c1-29-18-12-16(21(26)31-3)17(13-19(18)30-2)23-20(25)6-5-11-24(32(4,27)28)15-9-7-14(22)8-10-15/h7-10,12-13H,5-6,11H2,1-4H3,(H,23,25). The third-order valence-electron chi connectivity index (χ3n) is 4.48. The Balaban J connectivity index is 2.13. The van der Waals surface area contributed by atoms with Crippen LogP contribution in [0.25, 0.3) is 0 Å². The molecule has 0 radical (unpaired) electrons. The topological polar surface area (TPSA) is 111 Å². The minimum absolute atomic E-state index is 0.00850. The third-order valence-corrected chi connectivity index (χ3v) is 5.93. The van der Waals surface area contributed by atoms with Gasteiger partial charge in [-0.2, -0.15) is 0 Å². The number of hydrogen-bond donors (Lipinski definition) is 1. The summed E-state index contributed by atoms with van der Waals surface area (Å²) in [5.74, 6) is -0.446. The van der Waals surface area contributed by atoms with E-state index in [9.17, 15) is 18.0 Å². The minimum atomic E-state index is -3.56. The van der Waals surface area contributed by atoms with Crippen molar-refractivity contribution in [3.05, 3.63) is 47.0 Å². The molecule has 9 nitrogen and oxygen atoms in total. The molecule has 0 aliphatic carbocycles. The van der Waals surface area contributed by atoms with Crippen LogP contribution in [0.1, 0.15) is 23.2 Å². The second-order valence-electron chi connectivity index (χ2n) is 6.71. The van der Waals surface area contributed by atoms with E-state index in [-0.39, 0.29) is 30.6 Å². The molecular weight excluding hydrogens is 460 g/mol. The summed E-state index contributed by atoms with van der Waals surface area (Å²) < 4.78 is 40.7. The maximum atomic E-state index is 12.5. The normalized spacial score (nSPS) is 10.9. The molecule has 2 rings (SSSR count). The van der Waals surface area contributed by atoms with Crippen molar-refractivity contribution in [3.63, 3.8) is 0 Å². The first-order valence-electron chi connectivity index (χ1n) is 9.48. The summed E-state index contributed by atoms with van der Waals surface area (Å²) >= 11 is 5.87. The number of ether oxygens (including phenoxy) is 3. The summed E-state index contributed by atoms with van der Waals surface area (Å²) in [6, 6.07) is 9.23. The number of esters is 1. The molecule has 1 N–H and O–H groups in total. The van der Waals surface area contributed by atoms with Gasteiger partial charge in [-0.1, -0.05) is 11.6 Å². The highest BCUT2D eigenvalue weighted by atomic mass is 35.5. The second kappa shape index (κ2) is 11.1. The molecule has 0 saturated carbocycles. The van der Waals surface area contributed by atoms with Crippen molar-refractivity contribution in [2.45, 2.75) is 12.8 Å². The van der Waals surface area contributed by atoms with E-state index in [1.165, 1.54) is 37.8 Å². The van der Waals surface area contributed by atoms with Crippen molar-refractivity contribution in [3.8, 4) is 11.5 Å². The third kappa shape index (κ3) is 6.51. The van der Waals surface area contributed by atoms with Gasteiger partial charge in [-0.25, -0.2) is 13.2 Å². The number of amides is 1. The predicted molar refractivity (Wildman–Crippen MR) is 122 cm³/mol. The van der Waals surface area contributed by atoms with Gasteiger partial charge >= 0.3 is 5.97 Å². The highest BCUT2D eigenvalue weighted by Crippen LogP contribution is 2.34. The fraction of sp³-hybridized carbons (Fsp3) is 0.333. The van der Waals surface area contributed by atoms with Gasteiger partial charge in [0.05, 0.1) is 44.5 Å². The molecule has 2 aromatic carbocycles. The summed E-state index contributed by atoms with van der Waals surface area (Å²) in [7, 11) is 0.515. The van der Waals surface area contributed by atoms with E-state index in [0.717, 1.165) is 6.26 Å². The van der Waals surface area contributed by atoms with Gasteiger partial charge in [0.15, 0.2) is 11.5 Å². The molecule has 0 aliphatic rings. The molecule has 2 aromatic rings. The van der Waals surface area contributed by atoms with E-state index in [1.54, 1.807) is 24.3 Å². The van der Waals surface area contributed by atoms with Crippen LogP contribution < -0.4 is 19.1 Å². The van der Waals surface area contributed by atoms with Crippen LogP contribution in [0.5, 0.6) is 11.5 Å². The number of benzene rings is 2. The summed E-state index contributed by atoms with van der Waals surface area (Å²) in [5.41, 5.74) is 0.736. The molecule has 0 atom stereocenters. The zero-order chi connectivity index (χ0) is 23.9. The van der Waals surface area contributed by atoms with Crippen molar-refractivity contribution in [1.82, 2.24) is 0 Å². The quantitative estimate of drug-likeness (QED) is 0.515. The monoisotopic (exact) mass is 484 g/mol. The van der Waals surface area contributed by atoms with E-state index in [2.05, 4.69) is 5.32 Å². The zero-order valence-electron chi connectivity index (χ0n) is 18.2. The molecule has 1 amide bonds. The first-order valence-corrected chi connectivity index (χ1v) is 11.7. The van der Waals surface area contributed by atoms with Crippen LogP contribution in [0.2, 0.25) is 5.02 Å². The van der Waals surface area contributed by atoms with Crippen molar-refractivity contribution >= 4 is 44.9 Å². The van der Waals surface area contributed by atoms with E-state index < -0.39 is 21.9 Å². The maximum absolute atomic E-state index is 12.5. The zero-order valence-corrected chi connectivity index (χ0v) is 19.7. The molecule has 0 heterocycles. The average molecular weight is 485 g/mol. The lowest BCUT2D eigenvalue weighted by atomic mass is 10.1. The molecule has 0 aliphatic heterocycles. The molecule has 32 heavy (non-hydrogen) atoms. The Hall–Kier alpha value is -2.98. The molecule has 174 valence electrons. The molecule has 11 heteroatoms. The Kier molecular flexibility index (Phi) is 8.73. The first kappa shape index (κ1) is 25.3. The molecule has 0 aromatic heterocycles. The van der Waals surface area contributed by atoms with Gasteiger partial charge < -0.3 is 19.5 Å². The summed E-state index contributed by atoms with van der Waals surface area (Å²) in [5, 5.41) is 3.13. The van der Waals surface area contributed by atoms with Gasteiger partial charge in [-0.05, 0) is 30.7 Å². The lowest BCUT2D eigenvalue weighted by Crippen LogP contribution is -2.31. The Labute approximate surface area is 192 Å². The molecule has 0 bridgehead atoms. The van der Waals surface area contributed by atoms with Crippen LogP contribution in [0.4, 0.5) is 11.4 Å².